The molecule has 24 heavy (non-hydrogen) atoms. The molecule has 1 aromatic carbocycles. The van der Waals surface area contributed by atoms with Gasteiger partial charge in [-0.2, -0.15) is 0 Å². The van der Waals surface area contributed by atoms with Gasteiger partial charge in [0.2, 0.25) is 11.1 Å². The molecular weight excluding hydrogens is 326 g/mol. The molecule has 1 saturated heterocycles. The quantitative estimate of drug-likeness (QED) is 0.773. The summed E-state index contributed by atoms with van der Waals surface area (Å²) in [6.07, 6.45) is 3.25. The van der Waals surface area contributed by atoms with Crippen molar-refractivity contribution in [1.82, 2.24) is 20.2 Å². The summed E-state index contributed by atoms with van der Waals surface area (Å²) in [6.45, 7) is 3.54. The highest BCUT2D eigenvalue weighted by atomic mass is 32.2. The third-order valence-electron chi connectivity index (χ3n) is 3.88. The Morgan fingerprint density at radius 2 is 2.25 bits per heavy atom. The SMILES string of the molecule is CCc1ccc(NC(=O)CSc2nnnn2C[C@H]2CCCO2)cc1. The highest BCUT2D eigenvalue weighted by Gasteiger charge is 2.19. The van der Waals surface area contributed by atoms with Crippen LogP contribution in [0.1, 0.15) is 25.3 Å². The van der Waals surface area contributed by atoms with Gasteiger partial charge in [-0.05, 0) is 47.4 Å². The molecule has 1 aliphatic heterocycles. The summed E-state index contributed by atoms with van der Waals surface area (Å²) in [6, 6.07) is 7.88. The molecule has 1 aliphatic rings. The van der Waals surface area contributed by atoms with E-state index in [0.717, 1.165) is 31.6 Å². The molecule has 0 unspecified atom stereocenters. The van der Waals surface area contributed by atoms with Crippen LogP contribution >= 0.6 is 11.8 Å². The van der Waals surface area contributed by atoms with E-state index < -0.39 is 0 Å². The van der Waals surface area contributed by atoms with Gasteiger partial charge in [-0.15, -0.1) is 5.10 Å². The van der Waals surface area contributed by atoms with Crippen molar-refractivity contribution in [2.45, 2.75) is 44.0 Å². The first-order valence-corrected chi connectivity index (χ1v) is 9.12. The number of nitrogens with one attached hydrogen (secondary N) is 1. The summed E-state index contributed by atoms with van der Waals surface area (Å²) >= 11 is 1.33. The normalized spacial score (nSPS) is 17.1. The second-order valence-corrected chi connectivity index (χ2v) is 6.61. The van der Waals surface area contributed by atoms with Crippen LogP contribution in [0.5, 0.6) is 0 Å². The van der Waals surface area contributed by atoms with E-state index in [9.17, 15) is 4.79 Å². The van der Waals surface area contributed by atoms with E-state index in [-0.39, 0.29) is 17.8 Å². The van der Waals surface area contributed by atoms with Crippen LogP contribution in [0.15, 0.2) is 29.4 Å². The topological polar surface area (TPSA) is 81.9 Å². The maximum Gasteiger partial charge on any atom is 0.234 e. The number of carbonyl (C=O) groups is 1. The van der Waals surface area contributed by atoms with E-state index in [0.29, 0.717) is 11.7 Å². The first kappa shape index (κ1) is 16.9. The van der Waals surface area contributed by atoms with E-state index in [4.69, 9.17) is 4.74 Å². The molecule has 0 saturated carbocycles. The van der Waals surface area contributed by atoms with Crippen LogP contribution in [0.3, 0.4) is 0 Å². The van der Waals surface area contributed by atoms with Crippen molar-refractivity contribution < 1.29 is 9.53 Å². The molecule has 7 nitrogen and oxygen atoms in total. The number of nitrogens with zero attached hydrogens (tertiary/aromatic N) is 4. The van der Waals surface area contributed by atoms with Crippen LogP contribution in [0.25, 0.3) is 0 Å². The minimum Gasteiger partial charge on any atom is -0.376 e. The lowest BCUT2D eigenvalue weighted by atomic mass is 10.1. The van der Waals surface area contributed by atoms with Crippen LogP contribution in [-0.4, -0.2) is 44.6 Å². The predicted molar refractivity (Wildman–Crippen MR) is 92.0 cm³/mol. The van der Waals surface area contributed by atoms with E-state index >= 15 is 0 Å². The summed E-state index contributed by atoms with van der Waals surface area (Å²) in [5, 5.41) is 15.2. The molecule has 1 atom stereocenters. The van der Waals surface area contributed by atoms with Crippen molar-refractivity contribution in [1.29, 1.82) is 0 Å². The number of hydrogen-bond acceptors (Lipinski definition) is 6. The van der Waals surface area contributed by atoms with Crippen molar-refractivity contribution in [3.05, 3.63) is 29.8 Å². The summed E-state index contributed by atoms with van der Waals surface area (Å²) in [5.74, 6) is 0.192. The van der Waals surface area contributed by atoms with Gasteiger partial charge in [-0.3, -0.25) is 4.79 Å². The standard InChI is InChI=1S/C16H21N5O2S/c1-2-12-5-7-13(8-6-12)17-15(22)11-24-16-18-19-20-21(16)10-14-4-3-9-23-14/h5-8,14H,2-4,9-11H2,1H3,(H,17,22)/t14-/m1/s1. The number of ether oxygens (including phenoxy) is 1. The Morgan fingerprint density at radius 3 is 2.96 bits per heavy atom. The fraction of sp³-hybridized carbons (Fsp3) is 0.500. The Kier molecular flexibility index (Phi) is 5.81. The van der Waals surface area contributed by atoms with Gasteiger partial charge < -0.3 is 10.1 Å². The maximum absolute atomic E-state index is 12.1. The zero-order valence-electron chi connectivity index (χ0n) is 13.6. The van der Waals surface area contributed by atoms with Gasteiger partial charge in [0.05, 0.1) is 18.4 Å². The van der Waals surface area contributed by atoms with Gasteiger partial charge >= 0.3 is 0 Å². The Hall–Kier alpha value is -1.93. The number of hydrogen-bond donors (Lipinski definition) is 1. The van der Waals surface area contributed by atoms with Crippen LogP contribution in [0.2, 0.25) is 0 Å². The van der Waals surface area contributed by atoms with E-state index in [2.05, 4.69) is 27.8 Å². The van der Waals surface area contributed by atoms with Crippen LogP contribution in [0, 0.1) is 0 Å². The zero-order valence-corrected chi connectivity index (χ0v) is 14.5. The first-order chi connectivity index (χ1) is 11.7. The lowest BCUT2D eigenvalue weighted by Gasteiger charge is -2.10. The average Bonchev–Trinajstić information content (AvgIpc) is 3.26. The van der Waals surface area contributed by atoms with Crippen molar-refractivity contribution >= 4 is 23.4 Å². The maximum atomic E-state index is 12.1. The van der Waals surface area contributed by atoms with E-state index in [1.54, 1.807) is 4.68 Å². The molecule has 1 N–H and O–H groups in total. The number of thioether (sulfide) groups is 1. The van der Waals surface area contributed by atoms with E-state index in [1.807, 2.05) is 24.3 Å². The van der Waals surface area contributed by atoms with Crippen LogP contribution in [-0.2, 0) is 22.5 Å². The zero-order chi connectivity index (χ0) is 16.8. The molecule has 0 spiro atoms. The number of anilines is 1. The lowest BCUT2D eigenvalue weighted by Crippen LogP contribution is -2.18. The Labute approximate surface area is 145 Å². The lowest BCUT2D eigenvalue weighted by molar-refractivity contribution is -0.113. The minimum atomic E-state index is -0.0732. The van der Waals surface area contributed by atoms with Gasteiger partial charge in [0.1, 0.15) is 0 Å². The molecule has 1 amide bonds. The predicted octanol–water partition coefficient (Wildman–Crippen LogP) is 2.15. The number of aromatic nitrogens is 4. The molecule has 128 valence electrons. The smallest absolute Gasteiger partial charge is 0.234 e. The van der Waals surface area contributed by atoms with E-state index in [1.165, 1.54) is 17.3 Å². The highest BCUT2D eigenvalue weighted by Crippen LogP contribution is 2.19. The average molecular weight is 347 g/mol. The molecule has 0 radical (unpaired) electrons. The molecule has 3 rings (SSSR count). The van der Waals surface area contributed by atoms with Crippen molar-refractivity contribution in [2.75, 3.05) is 17.7 Å². The summed E-state index contributed by atoms with van der Waals surface area (Å²) < 4.78 is 7.31. The molecule has 1 fully saturated rings. The van der Waals surface area contributed by atoms with Crippen LogP contribution < -0.4 is 5.32 Å². The second-order valence-electron chi connectivity index (χ2n) is 5.67. The Morgan fingerprint density at radius 1 is 1.42 bits per heavy atom. The fourth-order valence-corrected chi connectivity index (χ4v) is 3.23. The molecule has 8 heteroatoms. The highest BCUT2D eigenvalue weighted by molar-refractivity contribution is 7.99. The van der Waals surface area contributed by atoms with Crippen molar-refractivity contribution in [2.24, 2.45) is 0 Å². The molecule has 2 heterocycles. The van der Waals surface area contributed by atoms with Crippen molar-refractivity contribution in [3.8, 4) is 0 Å². The van der Waals surface area contributed by atoms with Gasteiger partial charge in [0.15, 0.2) is 0 Å². The van der Waals surface area contributed by atoms with Gasteiger partial charge in [-0.25, -0.2) is 4.68 Å². The number of amides is 1. The number of carbonyl (C=O) groups excluding carboxylic acids is 1. The minimum absolute atomic E-state index is 0.0732. The molecule has 0 aliphatic carbocycles. The number of benzene rings is 1. The molecule has 0 bridgehead atoms. The first-order valence-electron chi connectivity index (χ1n) is 8.14. The number of rotatable bonds is 7. The molecular formula is C16H21N5O2S. The van der Waals surface area contributed by atoms with Crippen molar-refractivity contribution in [3.63, 3.8) is 0 Å². The molecule has 2 aromatic rings. The van der Waals surface area contributed by atoms with Gasteiger partial charge in [0.25, 0.3) is 0 Å². The third-order valence-corrected chi connectivity index (χ3v) is 4.84. The van der Waals surface area contributed by atoms with Gasteiger partial charge in [-0.1, -0.05) is 30.8 Å². The summed E-state index contributed by atoms with van der Waals surface area (Å²) in [4.78, 5) is 12.1. The number of tetrazole rings is 1. The largest absolute Gasteiger partial charge is 0.376 e. The Balaban J connectivity index is 1.49. The monoisotopic (exact) mass is 347 g/mol. The van der Waals surface area contributed by atoms with Gasteiger partial charge in [0, 0.05) is 12.3 Å². The number of aryl methyl sites for hydroxylation is 1. The molecule has 1 aromatic heterocycles. The summed E-state index contributed by atoms with van der Waals surface area (Å²) in [7, 11) is 0. The van der Waals surface area contributed by atoms with Crippen LogP contribution in [0.4, 0.5) is 5.69 Å². The second kappa shape index (κ2) is 8.25. The summed E-state index contributed by atoms with van der Waals surface area (Å²) in [5.41, 5.74) is 2.05. The third kappa shape index (κ3) is 4.55. The Bertz CT molecular complexity index is 667. The fourth-order valence-electron chi connectivity index (χ4n) is 2.55.